The molecule has 0 aliphatic heterocycles. The van der Waals surface area contributed by atoms with Gasteiger partial charge in [0, 0.05) is 16.9 Å². The zero-order chi connectivity index (χ0) is 15.5. The Kier molecular flexibility index (Phi) is 4.12. The number of halogens is 1. The Bertz CT molecular complexity index is 814. The molecule has 0 aliphatic rings. The molecule has 0 aliphatic carbocycles. The first kappa shape index (κ1) is 14.6. The van der Waals surface area contributed by atoms with Crippen molar-refractivity contribution in [3.8, 4) is 5.69 Å². The largest absolute Gasteiger partial charge is 0.316 e. The number of rotatable bonds is 3. The van der Waals surface area contributed by atoms with Crippen molar-refractivity contribution in [2.24, 2.45) is 4.99 Å². The highest BCUT2D eigenvalue weighted by Gasteiger charge is 2.02. The normalized spacial score (nSPS) is 11.2. The molecule has 1 aromatic heterocycles. The van der Waals surface area contributed by atoms with Gasteiger partial charge in [0.05, 0.1) is 17.6 Å². The summed E-state index contributed by atoms with van der Waals surface area (Å²) in [5, 5.41) is 0.737. The summed E-state index contributed by atoms with van der Waals surface area (Å²) in [6.07, 6.45) is 3.92. The van der Waals surface area contributed by atoms with Crippen LogP contribution in [0.2, 0.25) is 5.02 Å². The average molecular weight is 309 g/mol. The van der Waals surface area contributed by atoms with Gasteiger partial charge in [-0.3, -0.25) is 4.99 Å². The van der Waals surface area contributed by atoms with E-state index in [4.69, 9.17) is 11.6 Å². The van der Waals surface area contributed by atoms with Crippen molar-refractivity contribution in [1.29, 1.82) is 0 Å². The molecule has 0 N–H and O–H groups in total. The van der Waals surface area contributed by atoms with Crippen LogP contribution in [0.1, 0.15) is 16.8 Å². The molecule has 0 atom stereocenters. The van der Waals surface area contributed by atoms with E-state index in [1.54, 1.807) is 0 Å². The van der Waals surface area contributed by atoms with Crippen molar-refractivity contribution in [1.82, 2.24) is 4.57 Å². The second kappa shape index (κ2) is 6.20. The van der Waals surface area contributed by atoms with Gasteiger partial charge < -0.3 is 4.57 Å². The van der Waals surface area contributed by atoms with Gasteiger partial charge in [0.15, 0.2) is 0 Å². The van der Waals surface area contributed by atoms with Crippen LogP contribution in [0.3, 0.4) is 0 Å². The van der Waals surface area contributed by atoms with Gasteiger partial charge in [0.2, 0.25) is 0 Å². The molecule has 0 saturated carbocycles. The van der Waals surface area contributed by atoms with Crippen LogP contribution in [0.15, 0.2) is 65.8 Å². The van der Waals surface area contributed by atoms with E-state index in [2.05, 4.69) is 41.6 Å². The molecule has 0 saturated heterocycles. The quantitative estimate of drug-likeness (QED) is 0.569. The van der Waals surface area contributed by atoms with Crippen LogP contribution in [-0.2, 0) is 0 Å². The van der Waals surface area contributed by atoms with Gasteiger partial charge in [-0.05, 0) is 61.9 Å². The van der Waals surface area contributed by atoms with Crippen molar-refractivity contribution in [2.75, 3.05) is 0 Å². The van der Waals surface area contributed by atoms with Gasteiger partial charge >= 0.3 is 0 Å². The molecule has 22 heavy (non-hydrogen) atoms. The van der Waals surface area contributed by atoms with Gasteiger partial charge in [-0.1, -0.05) is 29.3 Å². The molecule has 0 amide bonds. The van der Waals surface area contributed by atoms with Crippen molar-refractivity contribution in [3.05, 3.63) is 82.6 Å². The topological polar surface area (TPSA) is 17.3 Å². The minimum Gasteiger partial charge on any atom is -0.316 e. The van der Waals surface area contributed by atoms with Gasteiger partial charge in [-0.25, -0.2) is 0 Å². The van der Waals surface area contributed by atoms with Crippen molar-refractivity contribution < 1.29 is 0 Å². The van der Waals surface area contributed by atoms with Crippen LogP contribution >= 0.6 is 11.6 Å². The summed E-state index contributed by atoms with van der Waals surface area (Å²) < 4.78 is 2.09. The third-order valence-corrected chi connectivity index (χ3v) is 3.83. The molecule has 0 bridgehead atoms. The second-order valence-electron chi connectivity index (χ2n) is 5.33. The standard InChI is InChI=1S/C19H17ClN2/c1-14-5-10-19(15(2)12-14)21-13-18-4-3-11-22(18)17-8-6-16(20)7-9-17/h3-13H,1-2H3. The van der Waals surface area contributed by atoms with Crippen molar-refractivity contribution in [2.45, 2.75) is 13.8 Å². The van der Waals surface area contributed by atoms with Crippen molar-refractivity contribution >= 4 is 23.5 Å². The lowest BCUT2D eigenvalue weighted by atomic mass is 10.1. The molecule has 3 aromatic rings. The van der Waals surface area contributed by atoms with Crippen LogP contribution in [0.25, 0.3) is 5.69 Å². The monoisotopic (exact) mass is 308 g/mol. The summed E-state index contributed by atoms with van der Waals surface area (Å²) in [7, 11) is 0. The molecule has 1 heterocycles. The molecule has 110 valence electrons. The highest BCUT2D eigenvalue weighted by molar-refractivity contribution is 6.30. The van der Waals surface area contributed by atoms with E-state index in [0.29, 0.717) is 0 Å². The summed E-state index contributed by atoms with van der Waals surface area (Å²) in [6.45, 7) is 4.17. The number of nitrogens with zero attached hydrogens (tertiary/aromatic N) is 2. The number of aliphatic imine (C=N–C) groups is 1. The SMILES string of the molecule is Cc1ccc(N=Cc2cccn2-c2ccc(Cl)cc2)c(C)c1. The molecule has 0 radical (unpaired) electrons. The van der Waals surface area contributed by atoms with E-state index >= 15 is 0 Å². The third-order valence-electron chi connectivity index (χ3n) is 3.57. The molecule has 2 nitrogen and oxygen atoms in total. The predicted molar refractivity (Wildman–Crippen MR) is 93.9 cm³/mol. The highest BCUT2D eigenvalue weighted by Crippen LogP contribution is 2.20. The Morgan fingerprint density at radius 2 is 1.77 bits per heavy atom. The Morgan fingerprint density at radius 1 is 1.00 bits per heavy atom. The van der Waals surface area contributed by atoms with Crippen LogP contribution < -0.4 is 0 Å². The molecule has 0 unspecified atom stereocenters. The third kappa shape index (κ3) is 3.12. The van der Waals surface area contributed by atoms with E-state index in [0.717, 1.165) is 22.1 Å². The minimum absolute atomic E-state index is 0.737. The Morgan fingerprint density at radius 3 is 2.50 bits per heavy atom. The van der Waals surface area contributed by atoms with Gasteiger partial charge in [0.25, 0.3) is 0 Å². The van der Waals surface area contributed by atoms with E-state index in [1.807, 2.05) is 48.8 Å². The number of benzene rings is 2. The fourth-order valence-corrected chi connectivity index (χ4v) is 2.55. The first-order valence-corrected chi connectivity index (χ1v) is 7.56. The lowest BCUT2D eigenvalue weighted by Crippen LogP contribution is -1.97. The molecular weight excluding hydrogens is 292 g/mol. The lowest BCUT2D eigenvalue weighted by Gasteiger charge is -2.06. The van der Waals surface area contributed by atoms with Gasteiger partial charge in [0.1, 0.15) is 0 Å². The maximum Gasteiger partial charge on any atom is 0.0659 e. The summed E-state index contributed by atoms with van der Waals surface area (Å²) in [5.41, 5.74) is 5.52. The molecular formula is C19H17ClN2. The van der Waals surface area contributed by atoms with Gasteiger partial charge in [-0.15, -0.1) is 0 Å². The van der Waals surface area contributed by atoms with E-state index < -0.39 is 0 Å². The average Bonchev–Trinajstić information content (AvgIpc) is 2.95. The Labute approximate surface area is 135 Å². The number of hydrogen-bond donors (Lipinski definition) is 0. The first-order valence-electron chi connectivity index (χ1n) is 7.18. The fraction of sp³-hybridized carbons (Fsp3) is 0.105. The molecule has 2 aromatic carbocycles. The summed E-state index contributed by atoms with van der Waals surface area (Å²) in [6, 6.07) is 18.1. The van der Waals surface area contributed by atoms with E-state index in [1.165, 1.54) is 11.1 Å². The van der Waals surface area contributed by atoms with E-state index in [9.17, 15) is 0 Å². The zero-order valence-corrected chi connectivity index (χ0v) is 13.4. The van der Waals surface area contributed by atoms with Crippen molar-refractivity contribution in [3.63, 3.8) is 0 Å². The summed E-state index contributed by atoms with van der Waals surface area (Å²) in [4.78, 5) is 4.62. The molecule has 0 fully saturated rings. The van der Waals surface area contributed by atoms with Crippen LogP contribution in [0.5, 0.6) is 0 Å². The van der Waals surface area contributed by atoms with Crippen LogP contribution in [0.4, 0.5) is 5.69 Å². The highest BCUT2D eigenvalue weighted by atomic mass is 35.5. The zero-order valence-electron chi connectivity index (χ0n) is 12.6. The summed E-state index contributed by atoms with van der Waals surface area (Å²) >= 11 is 5.95. The fourth-order valence-electron chi connectivity index (χ4n) is 2.42. The predicted octanol–water partition coefficient (Wildman–Crippen LogP) is 5.50. The smallest absolute Gasteiger partial charge is 0.0659 e. The maximum atomic E-state index is 5.95. The maximum absolute atomic E-state index is 5.95. The summed E-state index contributed by atoms with van der Waals surface area (Å²) in [5.74, 6) is 0. The first-order chi connectivity index (χ1) is 10.6. The number of aromatic nitrogens is 1. The molecule has 3 rings (SSSR count). The lowest BCUT2D eigenvalue weighted by molar-refractivity contribution is 1.07. The number of hydrogen-bond acceptors (Lipinski definition) is 1. The van der Waals surface area contributed by atoms with E-state index in [-0.39, 0.29) is 0 Å². The Hall–Kier alpha value is -2.32. The van der Waals surface area contributed by atoms with Gasteiger partial charge in [-0.2, -0.15) is 0 Å². The Balaban J connectivity index is 1.92. The number of aryl methyl sites for hydroxylation is 2. The molecule has 0 spiro atoms. The minimum atomic E-state index is 0.737. The second-order valence-corrected chi connectivity index (χ2v) is 5.76. The van der Waals surface area contributed by atoms with Crippen LogP contribution in [-0.4, -0.2) is 10.8 Å². The molecule has 3 heteroatoms. The van der Waals surface area contributed by atoms with Crippen LogP contribution in [0, 0.1) is 13.8 Å².